The van der Waals surface area contributed by atoms with Crippen LogP contribution in [0.1, 0.15) is 12.8 Å². The second kappa shape index (κ2) is 8.51. The summed E-state index contributed by atoms with van der Waals surface area (Å²) in [6, 6.07) is 5.70. The summed E-state index contributed by atoms with van der Waals surface area (Å²) < 4.78 is 54.0. The van der Waals surface area contributed by atoms with E-state index in [0.29, 0.717) is 11.1 Å². The highest BCUT2D eigenvalue weighted by Gasteiger charge is 2.32. The molecule has 13 nitrogen and oxygen atoms in total. The van der Waals surface area contributed by atoms with E-state index in [4.69, 9.17) is 10.9 Å². The van der Waals surface area contributed by atoms with Gasteiger partial charge in [-0.25, -0.2) is 31.7 Å². The average Bonchev–Trinajstić information content (AvgIpc) is 3.45. The van der Waals surface area contributed by atoms with Crippen molar-refractivity contribution in [1.82, 2.24) is 35.6 Å². The summed E-state index contributed by atoms with van der Waals surface area (Å²) in [5.74, 6) is 0.112. The zero-order chi connectivity index (χ0) is 22.9. The molecule has 0 saturated carbocycles. The summed E-state index contributed by atoms with van der Waals surface area (Å²) in [4.78, 5) is 2.86. The fourth-order valence-electron chi connectivity index (χ4n) is 3.57. The fourth-order valence-corrected chi connectivity index (χ4v) is 6.25. The lowest BCUT2D eigenvalue weighted by Gasteiger charge is -2.17. The first-order valence-corrected chi connectivity index (χ1v) is 12.6. The first kappa shape index (κ1) is 22.2. The van der Waals surface area contributed by atoms with Gasteiger partial charge in [-0.15, -0.1) is 10.2 Å². The fraction of sp³-hybridized carbons (Fsp3) is 0.294. The molecule has 3 heterocycles. The standard InChI is InChI=1S/C17H21N9O4S2/c18-14-6-3-10(8-21-14)12-4-5-13(32(29,30)22-9-11-2-1-7-20-11)16(31(19,27)28)15(12)17-23-25-26-24-17/h3-6,8,11,20,22H,1-2,7,9H2,(H2,18,21)(H2,19,27,28)(H,23,24,25,26)/t11-/m1/s1. The van der Waals surface area contributed by atoms with Crippen molar-refractivity contribution in [2.24, 2.45) is 5.14 Å². The van der Waals surface area contributed by atoms with Gasteiger partial charge in [0.15, 0.2) is 0 Å². The second-order valence-corrected chi connectivity index (χ2v) is 10.4. The third-order valence-corrected chi connectivity index (χ3v) is 7.63. The number of primary sulfonamides is 1. The quantitative estimate of drug-likeness (QED) is 0.284. The predicted molar refractivity (Wildman–Crippen MR) is 115 cm³/mol. The molecule has 170 valence electrons. The van der Waals surface area contributed by atoms with E-state index in [-0.39, 0.29) is 29.8 Å². The molecule has 15 heteroatoms. The molecule has 1 saturated heterocycles. The highest BCUT2D eigenvalue weighted by molar-refractivity contribution is 7.92. The molecular formula is C17H21N9O4S2. The van der Waals surface area contributed by atoms with Gasteiger partial charge < -0.3 is 11.1 Å². The van der Waals surface area contributed by atoms with E-state index < -0.39 is 29.8 Å². The number of aromatic nitrogens is 5. The summed E-state index contributed by atoms with van der Waals surface area (Å²) in [6.45, 7) is 0.898. The molecule has 1 aliphatic rings. The Morgan fingerprint density at radius 3 is 2.56 bits per heavy atom. The maximum absolute atomic E-state index is 13.1. The lowest BCUT2D eigenvalue weighted by atomic mass is 10.0. The molecule has 2 aromatic heterocycles. The number of nitrogens with zero attached hydrogens (tertiary/aromatic N) is 4. The van der Waals surface area contributed by atoms with Crippen molar-refractivity contribution in [1.29, 1.82) is 0 Å². The highest BCUT2D eigenvalue weighted by Crippen LogP contribution is 2.38. The van der Waals surface area contributed by atoms with Crippen molar-refractivity contribution < 1.29 is 16.8 Å². The van der Waals surface area contributed by atoms with E-state index in [0.717, 1.165) is 19.4 Å². The molecule has 0 radical (unpaired) electrons. The van der Waals surface area contributed by atoms with Gasteiger partial charge in [0, 0.05) is 24.3 Å². The van der Waals surface area contributed by atoms with Crippen molar-refractivity contribution in [2.45, 2.75) is 28.7 Å². The predicted octanol–water partition coefficient (Wildman–Crippen LogP) is -0.811. The van der Waals surface area contributed by atoms with Gasteiger partial charge in [0.05, 0.1) is 5.56 Å². The maximum atomic E-state index is 13.1. The van der Waals surface area contributed by atoms with Crippen LogP contribution in [0.4, 0.5) is 5.82 Å². The number of rotatable bonds is 7. The summed E-state index contributed by atoms with van der Waals surface area (Å²) in [5, 5.41) is 22.1. The molecule has 3 aromatic rings. The Balaban J connectivity index is 1.92. The van der Waals surface area contributed by atoms with Gasteiger partial charge in [-0.1, -0.05) is 6.07 Å². The number of pyridine rings is 1. The number of nitrogens with one attached hydrogen (secondary N) is 3. The van der Waals surface area contributed by atoms with Crippen LogP contribution in [0.3, 0.4) is 0 Å². The molecule has 1 aliphatic heterocycles. The number of anilines is 1. The number of nitrogen functional groups attached to an aromatic ring is 1. The number of hydrogen-bond donors (Lipinski definition) is 5. The van der Waals surface area contributed by atoms with Crippen LogP contribution in [0.5, 0.6) is 0 Å². The molecule has 0 amide bonds. The van der Waals surface area contributed by atoms with Crippen LogP contribution >= 0.6 is 0 Å². The maximum Gasteiger partial charge on any atom is 0.241 e. The molecule has 32 heavy (non-hydrogen) atoms. The zero-order valence-electron chi connectivity index (χ0n) is 16.7. The van der Waals surface area contributed by atoms with Gasteiger partial charge in [0.2, 0.25) is 25.9 Å². The van der Waals surface area contributed by atoms with Crippen LogP contribution < -0.4 is 20.9 Å². The number of tetrazole rings is 1. The van der Waals surface area contributed by atoms with Crippen LogP contribution in [0, 0.1) is 0 Å². The van der Waals surface area contributed by atoms with Crippen LogP contribution in [0.2, 0.25) is 0 Å². The average molecular weight is 480 g/mol. The van der Waals surface area contributed by atoms with Crippen LogP contribution in [-0.2, 0) is 20.0 Å². The van der Waals surface area contributed by atoms with E-state index in [2.05, 4.69) is 35.6 Å². The van der Waals surface area contributed by atoms with Gasteiger partial charge >= 0.3 is 0 Å². The third-order valence-electron chi connectivity index (χ3n) is 5.04. The van der Waals surface area contributed by atoms with Crippen molar-refractivity contribution >= 4 is 25.9 Å². The summed E-state index contributed by atoms with van der Waals surface area (Å²) in [7, 11) is -8.80. The van der Waals surface area contributed by atoms with E-state index in [1.54, 1.807) is 6.07 Å². The monoisotopic (exact) mass is 479 g/mol. The SMILES string of the molecule is Nc1ccc(-c2ccc(S(=O)(=O)NC[C@H]3CCCN3)c(S(N)(=O)=O)c2-c2nn[nH]n2)cn1. The Kier molecular flexibility index (Phi) is 5.91. The van der Waals surface area contributed by atoms with E-state index in [9.17, 15) is 16.8 Å². The minimum absolute atomic E-state index is 0.0421. The molecule has 1 aromatic carbocycles. The van der Waals surface area contributed by atoms with Crippen molar-refractivity contribution in [3.05, 3.63) is 30.5 Å². The van der Waals surface area contributed by atoms with Crippen LogP contribution in [0.25, 0.3) is 22.5 Å². The van der Waals surface area contributed by atoms with Crippen molar-refractivity contribution in [3.8, 4) is 22.5 Å². The van der Waals surface area contributed by atoms with Gasteiger partial charge in [-0.05, 0) is 48.4 Å². The lowest BCUT2D eigenvalue weighted by Crippen LogP contribution is -2.37. The Morgan fingerprint density at radius 1 is 1.16 bits per heavy atom. The smallest absolute Gasteiger partial charge is 0.241 e. The number of nitrogens with two attached hydrogens (primary N) is 2. The van der Waals surface area contributed by atoms with E-state index in [1.807, 2.05) is 0 Å². The molecule has 0 spiro atoms. The Labute approximate surface area is 184 Å². The molecule has 1 atom stereocenters. The minimum Gasteiger partial charge on any atom is -0.384 e. The normalized spacial score (nSPS) is 17.0. The summed E-state index contributed by atoms with van der Waals surface area (Å²) in [5.41, 5.74) is 6.27. The zero-order valence-corrected chi connectivity index (χ0v) is 18.3. The number of sulfonamides is 2. The second-order valence-electron chi connectivity index (χ2n) is 7.21. The van der Waals surface area contributed by atoms with Crippen molar-refractivity contribution in [2.75, 3.05) is 18.8 Å². The summed E-state index contributed by atoms with van der Waals surface area (Å²) >= 11 is 0. The van der Waals surface area contributed by atoms with E-state index in [1.165, 1.54) is 24.4 Å². The topological polar surface area (TPSA) is 212 Å². The molecule has 0 aliphatic carbocycles. The molecule has 0 bridgehead atoms. The molecule has 0 unspecified atom stereocenters. The summed E-state index contributed by atoms with van der Waals surface area (Å²) in [6.07, 6.45) is 3.15. The largest absolute Gasteiger partial charge is 0.384 e. The molecule has 4 rings (SSSR count). The Bertz CT molecular complexity index is 1320. The van der Waals surface area contributed by atoms with Crippen molar-refractivity contribution in [3.63, 3.8) is 0 Å². The van der Waals surface area contributed by atoms with Crippen LogP contribution in [0.15, 0.2) is 40.3 Å². The number of aromatic amines is 1. The molecular weight excluding hydrogens is 458 g/mol. The van der Waals surface area contributed by atoms with Gasteiger partial charge in [-0.3, -0.25) is 0 Å². The first-order chi connectivity index (χ1) is 15.2. The van der Waals surface area contributed by atoms with E-state index >= 15 is 0 Å². The third kappa shape index (κ3) is 4.46. The van der Waals surface area contributed by atoms with Gasteiger partial charge in [0.1, 0.15) is 15.6 Å². The highest BCUT2D eigenvalue weighted by atomic mass is 32.2. The number of benzene rings is 1. The van der Waals surface area contributed by atoms with Gasteiger partial charge in [0.25, 0.3) is 0 Å². The minimum atomic E-state index is -4.55. The number of H-pyrrole nitrogens is 1. The Hall–Kier alpha value is -2.98. The van der Waals surface area contributed by atoms with Crippen LogP contribution in [-0.4, -0.2) is 61.6 Å². The Morgan fingerprint density at radius 2 is 1.97 bits per heavy atom. The number of hydrogen-bond acceptors (Lipinski definition) is 10. The first-order valence-electron chi connectivity index (χ1n) is 9.55. The lowest BCUT2D eigenvalue weighted by molar-refractivity contribution is 0.548. The van der Waals surface area contributed by atoms with Gasteiger partial charge in [-0.2, -0.15) is 5.21 Å². The molecule has 7 N–H and O–H groups in total. The molecule has 1 fully saturated rings.